The molecule has 1 atom stereocenters. The largest absolute Gasteiger partial charge is 0.485 e. The average Bonchev–Trinajstić information content (AvgIpc) is 3.33. The third-order valence-electron chi connectivity index (χ3n) is 6.56. The smallest absolute Gasteiger partial charge is 0.129 e. The molecule has 0 bridgehead atoms. The lowest BCUT2D eigenvalue weighted by atomic mass is 9.89. The molecular weight excluding hydrogens is 380 g/mol. The quantitative estimate of drug-likeness (QED) is 0.374. The van der Waals surface area contributed by atoms with Crippen LogP contribution in [0.3, 0.4) is 0 Å². The number of likely N-dealkylation sites (tertiary alicyclic amines) is 1. The molecule has 31 heavy (non-hydrogen) atoms. The first-order chi connectivity index (χ1) is 15.4. The molecule has 0 aliphatic carbocycles. The van der Waals surface area contributed by atoms with Crippen LogP contribution >= 0.6 is 0 Å². The number of fused-ring (bicyclic) bond motifs is 1. The molecule has 1 N–H and O–H groups in total. The highest BCUT2D eigenvalue weighted by molar-refractivity contribution is 5.85. The Bertz CT molecular complexity index is 1080. The van der Waals surface area contributed by atoms with E-state index in [1.54, 1.807) is 0 Å². The van der Waals surface area contributed by atoms with Gasteiger partial charge in [0.25, 0.3) is 0 Å². The Labute approximate surface area is 184 Å². The molecule has 3 heteroatoms. The molecule has 0 amide bonds. The van der Waals surface area contributed by atoms with Crippen molar-refractivity contribution in [3.8, 4) is 5.75 Å². The number of H-pyrrole nitrogens is 1. The van der Waals surface area contributed by atoms with Gasteiger partial charge in [0.15, 0.2) is 0 Å². The van der Waals surface area contributed by atoms with Gasteiger partial charge in [-0.15, -0.1) is 0 Å². The first-order valence-electron chi connectivity index (χ1n) is 11.4. The van der Waals surface area contributed by atoms with Gasteiger partial charge >= 0.3 is 0 Å². The maximum absolute atomic E-state index is 6.61. The molecule has 0 spiro atoms. The van der Waals surface area contributed by atoms with Crippen molar-refractivity contribution < 1.29 is 4.74 Å². The number of ether oxygens (including phenoxy) is 1. The standard InChI is InChI=1S/C28H30N2O/c1-3-8-22(9-4-1)23-15-19-30(20-16-23)21-17-27(24-10-5-2-6-11-24)31-28-13-7-12-26-25(28)14-18-29-26/h1-14,18,23,27,29H,15-17,19-21H2. The Hall–Kier alpha value is -3.04. The van der Waals surface area contributed by atoms with Crippen LogP contribution in [-0.2, 0) is 0 Å². The lowest BCUT2D eigenvalue weighted by molar-refractivity contribution is 0.149. The van der Waals surface area contributed by atoms with Crippen LogP contribution in [0.15, 0.2) is 91.1 Å². The van der Waals surface area contributed by atoms with Gasteiger partial charge in [0.2, 0.25) is 0 Å². The van der Waals surface area contributed by atoms with Gasteiger partial charge in [0.05, 0.1) is 0 Å². The summed E-state index contributed by atoms with van der Waals surface area (Å²) in [4.78, 5) is 5.89. The number of piperidine rings is 1. The van der Waals surface area contributed by atoms with Gasteiger partial charge in [-0.2, -0.15) is 0 Å². The van der Waals surface area contributed by atoms with E-state index in [1.807, 2.05) is 6.20 Å². The van der Waals surface area contributed by atoms with E-state index in [-0.39, 0.29) is 6.10 Å². The zero-order chi connectivity index (χ0) is 20.9. The number of benzene rings is 3. The van der Waals surface area contributed by atoms with E-state index in [0.29, 0.717) is 5.92 Å². The van der Waals surface area contributed by atoms with Crippen LogP contribution in [0.2, 0.25) is 0 Å². The lowest BCUT2D eigenvalue weighted by Crippen LogP contribution is -2.34. The molecule has 1 fully saturated rings. The Morgan fingerprint density at radius 1 is 0.839 bits per heavy atom. The molecule has 4 aromatic rings. The van der Waals surface area contributed by atoms with E-state index in [1.165, 1.54) is 24.0 Å². The van der Waals surface area contributed by atoms with Crippen molar-refractivity contribution in [2.75, 3.05) is 19.6 Å². The summed E-state index contributed by atoms with van der Waals surface area (Å²) in [6.07, 6.45) is 5.49. The first kappa shape index (κ1) is 19.9. The van der Waals surface area contributed by atoms with Gasteiger partial charge < -0.3 is 14.6 Å². The van der Waals surface area contributed by atoms with Crippen molar-refractivity contribution in [2.24, 2.45) is 0 Å². The fourth-order valence-electron chi connectivity index (χ4n) is 4.79. The molecule has 1 aromatic heterocycles. The molecule has 3 aromatic carbocycles. The lowest BCUT2D eigenvalue weighted by Gasteiger charge is -2.33. The monoisotopic (exact) mass is 410 g/mol. The van der Waals surface area contributed by atoms with Gasteiger partial charge in [-0.3, -0.25) is 0 Å². The third-order valence-corrected chi connectivity index (χ3v) is 6.56. The van der Waals surface area contributed by atoms with Crippen molar-refractivity contribution in [2.45, 2.75) is 31.3 Å². The van der Waals surface area contributed by atoms with Crippen LogP contribution in [0.1, 0.15) is 42.4 Å². The van der Waals surface area contributed by atoms with Crippen LogP contribution in [0.4, 0.5) is 0 Å². The van der Waals surface area contributed by atoms with Gasteiger partial charge in [-0.05, 0) is 61.2 Å². The highest BCUT2D eigenvalue weighted by Gasteiger charge is 2.22. The van der Waals surface area contributed by atoms with E-state index in [9.17, 15) is 0 Å². The first-order valence-corrected chi connectivity index (χ1v) is 11.4. The summed E-state index contributed by atoms with van der Waals surface area (Å²) in [5.41, 5.74) is 3.86. The molecule has 0 radical (unpaired) electrons. The Balaban J connectivity index is 1.25. The molecule has 2 heterocycles. The number of rotatable bonds is 7. The molecule has 5 rings (SSSR count). The summed E-state index contributed by atoms with van der Waals surface area (Å²) in [5, 5.41) is 1.15. The molecule has 1 unspecified atom stereocenters. The zero-order valence-corrected chi connectivity index (χ0v) is 17.9. The SMILES string of the molecule is c1ccc(C2CCN(CCC(Oc3cccc4[nH]ccc34)c3ccccc3)CC2)cc1. The van der Waals surface area contributed by atoms with Crippen LogP contribution < -0.4 is 4.74 Å². The minimum absolute atomic E-state index is 0.0496. The summed E-state index contributed by atoms with van der Waals surface area (Å²) in [7, 11) is 0. The maximum Gasteiger partial charge on any atom is 0.129 e. The molecule has 1 aliphatic rings. The summed E-state index contributed by atoms with van der Waals surface area (Å²) in [6, 6.07) is 30.0. The summed E-state index contributed by atoms with van der Waals surface area (Å²) in [6.45, 7) is 3.38. The van der Waals surface area contributed by atoms with E-state index in [2.05, 4.69) is 94.8 Å². The topological polar surface area (TPSA) is 28.3 Å². The van der Waals surface area contributed by atoms with Crippen molar-refractivity contribution in [1.29, 1.82) is 0 Å². The minimum atomic E-state index is 0.0496. The molecule has 0 saturated carbocycles. The second kappa shape index (κ2) is 9.40. The summed E-state index contributed by atoms with van der Waals surface area (Å²) >= 11 is 0. The van der Waals surface area contributed by atoms with Crippen molar-refractivity contribution in [3.63, 3.8) is 0 Å². The Morgan fingerprint density at radius 3 is 2.35 bits per heavy atom. The predicted molar refractivity (Wildman–Crippen MR) is 128 cm³/mol. The predicted octanol–water partition coefficient (Wildman–Crippen LogP) is 6.56. The fraction of sp³-hybridized carbons (Fsp3) is 0.286. The second-order valence-corrected chi connectivity index (χ2v) is 8.53. The van der Waals surface area contributed by atoms with Crippen molar-refractivity contribution in [3.05, 3.63) is 102 Å². The number of aromatic amines is 1. The van der Waals surface area contributed by atoms with Crippen LogP contribution in [0.25, 0.3) is 10.9 Å². The van der Waals surface area contributed by atoms with Gasteiger partial charge in [0.1, 0.15) is 11.9 Å². The molecule has 3 nitrogen and oxygen atoms in total. The Morgan fingerprint density at radius 2 is 1.58 bits per heavy atom. The summed E-state index contributed by atoms with van der Waals surface area (Å²) in [5.74, 6) is 1.65. The summed E-state index contributed by atoms with van der Waals surface area (Å²) < 4.78 is 6.61. The molecular formula is C28H30N2O. The maximum atomic E-state index is 6.61. The van der Waals surface area contributed by atoms with Crippen LogP contribution in [0, 0.1) is 0 Å². The van der Waals surface area contributed by atoms with Crippen LogP contribution in [0.5, 0.6) is 5.75 Å². The second-order valence-electron chi connectivity index (χ2n) is 8.53. The molecule has 1 aliphatic heterocycles. The van der Waals surface area contributed by atoms with E-state index in [0.717, 1.165) is 42.7 Å². The number of nitrogens with one attached hydrogen (secondary N) is 1. The number of nitrogens with zero attached hydrogens (tertiary/aromatic N) is 1. The van der Waals surface area contributed by atoms with Crippen LogP contribution in [-0.4, -0.2) is 29.5 Å². The fourth-order valence-corrected chi connectivity index (χ4v) is 4.79. The van der Waals surface area contributed by atoms with E-state index >= 15 is 0 Å². The van der Waals surface area contributed by atoms with Crippen molar-refractivity contribution >= 4 is 10.9 Å². The number of hydrogen-bond acceptors (Lipinski definition) is 2. The van der Waals surface area contributed by atoms with Crippen molar-refractivity contribution in [1.82, 2.24) is 9.88 Å². The number of hydrogen-bond donors (Lipinski definition) is 1. The molecule has 158 valence electrons. The Kier molecular flexibility index (Phi) is 6.03. The van der Waals surface area contributed by atoms with Gasteiger partial charge in [-0.25, -0.2) is 0 Å². The number of aromatic nitrogens is 1. The van der Waals surface area contributed by atoms with E-state index in [4.69, 9.17) is 4.74 Å². The third kappa shape index (κ3) is 4.67. The highest BCUT2D eigenvalue weighted by Crippen LogP contribution is 2.32. The van der Waals surface area contributed by atoms with E-state index < -0.39 is 0 Å². The molecule has 1 saturated heterocycles. The average molecular weight is 411 g/mol. The zero-order valence-electron chi connectivity index (χ0n) is 17.9. The van der Waals surface area contributed by atoms with Gasteiger partial charge in [0, 0.05) is 30.1 Å². The highest BCUT2D eigenvalue weighted by atomic mass is 16.5. The normalized spacial score (nSPS) is 16.4. The minimum Gasteiger partial charge on any atom is -0.485 e. The van der Waals surface area contributed by atoms with Gasteiger partial charge in [-0.1, -0.05) is 66.7 Å².